The van der Waals surface area contributed by atoms with Crippen LogP contribution in [0.3, 0.4) is 0 Å². The van der Waals surface area contributed by atoms with Crippen LogP contribution < -0.4 is 15.4 Å². The number of hydrogen-bond acceptors (Lipinski definition) is 16. The van der Waals surface area contributed by atoms with Gasteiger partial charge < -0.3 is 50.7 Å². The first-order valence-corrected chi connectivity index (χ1v) is 25.1. The van der Waals surface area contributed by atoms with Crippen LogP contribution in [0.1, 0.15) is 74.3 Å². The monoisotopic (exact) mass is 1100 g/mol. The van der Waals surface area contributed by atoms with E-state index < -0.39 is 59.5 Å². The standard InChI is InChI=1S/C51H64Cl2N6O17/c1-32-23-34(26-36(60)24-32)43(62)9-6-40(50(71)72)55-49(70)48-38(52)27-35(28-39(48)53)42(61)8-5-33-3-2-4-37(25-33)76-22-21-75-20-11-54-44(63)10-7-41(51(73)74)59-18-16-57(30-46(66)67)14-12-56(29-45(64)65)13-15-58(17-19-59)31-47(68)69/h2-4,23-28,40-41,60H,5-22,29-31H2,1H3,(H,54,63)(H,55,70)(H,64,65)(H,66,67)(H,68,69)(H,71,72)(H,73,74)/t40-,41?/m0/s1. The molecule has 1 heterocycles. The molecule has 1 aliphatic rings. The minimum absolute atomic E-state index is 0.0259. The van der Waals surface area contributed by atoms with Gasteiger partial charge in [0.05, 0.1) is 48.5 Å². The summed E-state index contributed by atoms with van der Waals surface area (Å²) in [6, 6.07) is 11.2. The molecule has 2 amide bonds. The number of ether oxygens (including phenoxy) is 2. The lowest BCUT2D eigenvalue weighted by Crippen LogP contribution is -2.52. The van der Waals surface area contributed by atoms with Crippen LogP contribution in [0.15, 0.2) is 54.6 Å². The predicted octanol–water partition coefficient (Wildman–Crippen LogP) is 2.89. The molecule has 1 fully saturated rings. The number of aliphatic carboxylic acids is 5. The van der Waals surface area contributed by atoms with E-state index in [0.29, 0.717) is 17.7 Å². The third-order valence-corrected chi connectivity index (χ3v) is 12.8. The number of aromatic hydroxyl groups is 1. The average molecular weight is 1100 g/mol. The summed E-state index contributed by atoms with van der Waals surface area (Å²) < 4.78 is 11.4. The zero-order chi connectivity index (χ0) is 55.9. The van der Waals surface area contributed by atoms with E-state index >= 15 is 0 Å². The van der Waals surface area contributed by atoms with Gasteiger partial charge in [0.25, 0.3) is 5.91 Å². The molecule has 4 rings (SSSR count). The number of aryl methyl sites for hydroxylation is 2. The van der Waals surface area contributed by atoms with Gasteiger partial charge in [0, 0.05) is 89.3 Å². The number of halogens is 2. The number of carboxylic acids is 5. The largest absolute Gasteiger partial charge is 0.508 e. The molecule has 23 nitrogen and oxygen atoms in total. The van der Waals surface area contributed by atoms with Crippen molar-refractivity contribution >= 4 is 76.4 Å². The Morgan fingerprint density at radius 2 is 1.18 bits per heavy atom. The number of amides is 2. The van der Waals surface area contributed by atoms with Gasteiger partial charge in [-0.05, 0) is 79.8 Å². The Balaban J connectivity index is 1.20. The number of benzene rings is 3. The lowest BCUT2D eigenvalue weighted by molar-refractivity contribution is -0.145. The molecule has 3 aromatic rings. The van der Waals surface area contributed by atoms with Crippen LogP contribution in [0.25, 0.3) is 0 Å². The Morgan fingerprint density at radius 1 is 0.632 bits per heavy atom. The summed E-state index contributed by atoms with van der Waals surface area (Å²) in [5, 5.41) is 62.9. The minimum atomic E-state index is -1.48. The van der Waals surface area contributed by atoms with E-state index in [1.807, 2.05) is 0 Å². The summed E-state index contributed by atoms with van der Waals surface area (Å²) in [6.07, 6.45) is -0.458. The molecular formula is C51H64Cl2N6O17. The fraction of sp³-hybridized carbons (Fsp3) is 0.471. The normalized spacial score (nSPS) is 15.0. The fourth-order valence-corrected chi connectivity index (χ4v) is 8.95. The van der Waals surface area contributed by atoms with Gasteiger partial charge in [-0.1, -0.05) is 35.3 Å². The van der Waals surface area contributed by atoms with Crippen molar-refractivity contribution in [1.82, 2.24) is 30.2 Å². The number of phenolic OH excluding ortho intramolecular Hbond substituents is 1. The SMILES string of the molecule is Cc1cc(O)cc(C(=O)CC[C@H](NC(=O)c2c(Cl)cc(C(=O)CCc3cccc(OCCOCCNC(=O)CCC(C(=O)O)N4CCN(CC(=O)O)CCN(CC(=O)O)CCN(CC(=O)O)CC4)c3)cc2Cl)C(=O)O)c1. The molecule has 1 aliphatic heterocycles. The molecule has 414 valence electrons. The quantitative estimate of drug-likeness (QED) is 0.0366. The number of nitrogens with one attached hydrogen (secondary N) is 2. The van der Waals surface area contributed by atoms with E-state index in [1.165, 1.54) is 24.3 Å². The molecular weight excluding hydrogens is 1040 g/mol. The van der Waals surface area contributed by atoms with Crippen molar-refractivity contribution < 1.29 is 83.3 Å². The van der Waals surface area contributed by atoms with Gasteiger partial charge in [-0.25, -0.2) is 4.79 Å². The molecule has 0 radical (unpaired) electrons. The highest BCUT2D eigenvalue weighted by Gasteiger charge is 2.30. The first-order valence-electron chi connectivity index (χ1n) is 24.3. The van der Waals surface area contributed by atoms with Crippen LogP contribution in [0, 0.1) is 6.92 Å². The molecule has 3 aromatic carbocycles. The number of carboxylic acid groups (broad SMARTS) is 5. The van der Waals surface area contributed by atoms with Gasteiger partial charge in [-0.3, -0.25) is 58.0 Å². The van der Waals surface area contributed by atoms with Gasteiger partial charge in [-0.15, -0.1) is 0 Å². The Bertz CT molecular complexity index is 2470. The van der Waals surface area contributed by atoms with Crippen molar-refractivity contribution in [2.45, 2.75) is 57.5 Å². The van der Waals surface area contributed by atoms with Crippen molar-refractivity contribution in [3.05, 3.63) is 92.5 Å². The van der Waals surface area contributed by atoms with E-state index in [2.05, 4.69) is 10.6 Å². The van der Waals surface area contributed by atoms with Crippen molar-refractivity contribution in [1.29, 1.82) is 0 Å². The topological polar surface area (TPSA) is 330 Å². The lowest BCUT2D eigenvalue weighted by Gasteiger charge is -2.35. The molecule has 1 unspecified atom stereocenters. The number of ketones is 2. The van der Waals surface area contributed by atoms with Crippen molar-refractivity contribution in [2.24, 2.45) is 0 Å². The van der Waals surface area contributed by atoms with Gasteiger partial charge >= 0.3 is 29.8 Å². The summed E-state index contributed by atoms with van der Waals surface area (Å²) >= 11 is 12.8. The Labute approximate surface area is 448 Å². The smallest absolute Gasteiger partial charge is 0.326 e. The average Bonchev–Trinajstić information content (AvgIpc) is 3.33. The first-order chi connectivity index (χ1) is 36.1. The Kier molecular flexibility index (Phi) is 25.5. The maximum atomic E-state index is 13.2. The summed E-state index contributed by atoms with van der Waals surface area (Å²) in [5.41, 5.74) is 1.46. The summed E-state index contributed by atoms with van der Waals surface area (Å²) in [4.78, 5) is 118. The summed E-state index contributed by atoms with van der Waals surface area (Å²) in [7, 11) is 0. The second-order valence-electron chi connectivity index (χ2n) is 18.0. The van der Waals surface area contributed by atoms with Crippen LogP contribution in [0.5, 0.6) is 11.5 Å². The lowest BCUT2D eigenvalue weighted by atomic mass is 10.00. The van der Waals surface area contributed by atoms with Crippen LogP contribution in [-0.2, 0) is 39.9 Å². The summed E-state index contributed by atoms with van der Waals surface area (Å²) in [6.45, 7) is 2.23. The predicted molar refractivity (Wildman–Crippen MR) is 275 cm³/mol. The number of rotatable bonds is 29. The number of carbonyl (C=O) groups is 9. The number of hydrogen-bond donors (Lipinski definition) is 8. The fourth-order valence-electron chi connectivity index (χ4n) is 8.29. The maximum Gasteiger partial charge on any atom is 0.326 e. The highest BCUT2D eigenvalue weighted by Crippen LogP contribution is 2.28. The number of nitrogens with zero attached hydrogens (tertiary/aromatic N) is 4. The molecule has 0 bridgehead atoms. The summed E-state index contributed by atoms with van der Waals surface area (Å²) in [5.74, 6) is -7.69. The van der Waals surface area contributed by atoms with Crippen molar-refractivity contribution in [3.8, 4) is 11.5 Å². The van der Waals surface area contributed by atoms with Crippen LogP contribution in [-0.4, -0.2) is 214 Å². The van der Waals surface area contributed by atoms with Gasteiger partial charge in [-0.2, -0.15) is 0 Å². The number of Topliss-reactive ketones (excluding diaryl/α,β-unsaturated/α-hetero) is 2. The van der Waals surface area contributed by atoms with Crippen molar-refractivity contribution in [3.63, 3.8) is 0 Å². The molecule has 0 spiro atoms. The van der Waals surface area contributed by atoms with E-state index in [-0.39, 0.29) is 169 Å². The highest BCUT2D eigenvalue weighted by molar-refractivity contribution is 6.40. The van der Waals surface area contributed by atoms with Crippen LogP contribution in [0.4, 0.5) is 0 Å². The van der Waals surface area contributed by atoms with Crippen molar-refractivity contribution in [2.75, 3.05) is 98.4 Å². The van der Waals surface area contributed by atoms with Gasteiger partial charge in [0.1, 0.15) is 30.2 Å². The van der Waals surface area contributed by atoms with E-state index in [9.17, 15) is 73.8 Å². The second kappa shape index (κ2) is 31.3. The number of phenols is 1. The molecule has 0 saturated carbocycles. The molecule has 0 aliphatic carbocycles. The van der Waals surface area contributed by atoms with E-state index in [4.69, 9.17) is 32.7 Å². The Morgan fingerprint density at radius 3 is 1.72 bits per heavy atom. The first kappa shape index (κ1) is 61.8. The van der Waals surface area contributed by atoms with Crippen LogP contribution in [0.2, 0.25) is 10.0 Å². The molecule has 76 heavy (non-hydrogen) atoms. The van der Waals surface area contributed by atoms with E-state index in [1.54, 1.807) is 56.9 Å². The highest BCUT2D eigenvalue weighted by atomic mass is 35.5. The molecule has 1 saturated heterocycles. The minimum Gasteiger partial charge on any atom is -0.508 e. The van der Waals surface area contributed by atoms with Gasteiger partial charge in [0.2, 0.25) is 5.91 Å². The van der Waals surface area contributed by atoms with Crippen LogP contribution >= 0.6 is 23.2 Å². The third-order valence-electron chi connectivity index (χ3n) is 12.2. The maximum absolute atomic E-state index is 13.2. The van der Waals surface area contributed by atoms with Gasteiger partial charge in [0.15, 0.2) is 11.6 Å². The Hall–Kier alpha value is -6.73. The zero-order valence-electron chi connectivity index (χ0n) is 41.9. The second-order valence-corrected chi connectivity index (χ2v) is 18.8. The zero-order valence-corrected chi connectivity index (χ0v) is 43.4. The van der Waals surface area contributed by atoms with E-state index in [0.717, 1.165) is 5.56 Å². The molecule has 0 aromatic heterocycles. The number of carbonyl (C=O) groups excluding carboxylic acids is 4. The molecule has 8 N–H and O–H groups in total. The third kappa shape index (κ3) is 21.9. The molecule has 2 atom stereocenters. The molecule has 25 heteroatoms.